The van der Waals surface area contributed by atoms with Gasteiger partial charge in [-0.15, -0.1) is 0 Å². The fourth-order valence-corrected chi connectivity index (χ4v) is 3.63. The smallest absolute Gasteiger partial charge is 0.141 e. The van der Waals surface area contributed by atoms with Crippen LogP contribution in [0.4, 0.5) is 11.5 Å². The van der Waals surface area contributed by atoms with E-state index in [1.165, 1.54) is 0 Å². The Hall–Kier alpha value is -4.16. The van der Waals surface area contributed by atoms with Crippen molar-refractivity contribution < 1.29 is 9.15 Å². The molecule has 0 spiro atoms. The minimum atomic E-state index is 0.534. The number of aromatic nitrogens is 2. The Balaban J connectivity index is 1.34. The van der Waals surface area contributed by atoms with Gasteiger partial charge in [-0.25, -0.2) is 9.97 Å². The van der Waals surface area contributed by atoms with Gasteiger partial charge in [0.05, 0.1) is 5.52 Å². The van der Waals surface area contributed by atoms with Gasteiger partial charge in [0, 0.05) is 23.1 Å². The van der Waals surface area contributed by atoms with Crippen LogP contribution in [0.5, 0.6) is 5.75 Å². The summed E-state index contributed by atoms with van der Waals surface area (Å²) < 4.78 is 11.8. The van der Waals surface area contributed by atoms with Crippen molar-refractivity contribution in [2.75, 3.05) is 11.9 Å². The van der Waals surface area contributed by atoms with E-state index in [1.807, 2.05) is 84.9 Å². The fraction of sp³-hybridized carbons (Fsp3) is 0.111. The van der Waals surface area contributed by atoms with Gasteiger partial charge in [-0.2, -0.15) is 0 Å². The third-order valence-corrected chi connectivity index (χ3v) is 5.34. The summed E-state index contributed by atoms with van der Waals surface area (Å²) in [4.78, 5) is 8.87. The molecule has 2 aromatic heterocycles. The average molecular weight is 437 g/mol. The molecular formula is C27H24N4O2. The molecule has 6 heteroatoms. The minimum absolute atomic E-state index is 0.534. The number of nitrogens with one attached hydrogen (secondary N) is 1. The van der Waals surface area contributed by atoms with Crippen molar-refractivity contribution in [3.63, 3.8) is 0 Å². The van der Waals surface area contributed by atoms with Crippen molar-refractivity contribution in [3.8, 4) is 17.1 Å². The SMILES string of the molecule is NCCc1ccc(-c2ccc3ncnc(Nc4ccc(OCc5ccccc5)cc4)c3c2)o1. The molecule has 0 saturated heterocycles. The Kier molecular flexibility index (Phi) is 5.99. The summed E-state index contributed by atoms with van der Waals surface area (Å²) in [5, 5.41) is 4.31. The van der Waals surface area contributed by atoms with Crippen molar-refractivity contribution in [2.45, 2.75) is 13.0 Å². The zero-order chi connectivity index (χ0) is 22.5. The molecule has 3 aromatic carbocycles. The number of ether oxygens (including phenoxy) is 1. The molecule has 6 nitrogen and oxygen atoms in total. The van der Waals surface area contributed by atoms with Crippen LogP contribution < -0.4 is 15.8 Å². The standard InChI is InChI=1S/C27H24N4O2/c28-15-14-23-11-13-26(33-23)20-6-12-25-24(16-20)27(30-18-29-25)31-21-7-9-22(10-8-21)32-17-19-4-2-1-3-5-19/h1-13,16,18H,14-15,17,28H2,(H,29,30,31). The largest absolute Gasteiger partial charge is 0.489 e. The number of fused-ring (bicyclic) bond motifs is 1. The third kappa shape index (κ3) is 4.86. The van der Waals surface area contributed by atoms with Crippen molar-refractivity contribution in [2.24, 2.45) is 5.73 Å². The number of nitrogens with two attached hydrogens (primary N) is 1. The average Bonchev–Trinajstić information content (AvgIpc) is 3.33. The van der Waals surface area contributed by atoms with Crippen LogP contribution in [0.1, 0.15) is 11.3 Å². The summed E-state index contributed by atoms with van der Waals surface area (Å²) in [5.41, 5.74) is 9.50. The molecule has 0 radical (unpaired) electrons. The van der Waals surface area contributed by atoms with Crippen molar-refractivity contribution in [1.82, 2.24) is 9.97 Å². The summed E-state index contributed by atoms with van der Waals surface area (Å²) in [6.07, 6.45) is 2.28. The van der Waals surface area contributed by atoms with Gasteiger partial charge in [0.2, 0.25) is 0 Å². The van der Waals surface area contributed by atoms with Gasteiger partial charge in [0.1, 0.15) is 36.0 Å². The predicted octanol–water partition coefficient (Wildman–Crippen LogP) is 5.71. The van der Waals surface area contributed by atoms with E-state index in [0.717, 1.165) is 50.8 Å². The van der Waals surface area contributed by atoms with E-state index in [1.54, 1.807) is 6.33 Å². The third-order valence-electron chi connectivity index (χ3n) is 5.34. The summed E-state index contributed by atoms with van der Waals surface area (Å²) in [5.74, 6) is 3.22. The van der Waals surface area contributed by atoms with Crippen molar-refractivity contribution >= 4 is 22.4 Å². The molecule has 164 valence electrons. The first-order valence-corrected chi connectivity index (χ1v) is 10.9. The zero-order valence-electron chi connectivity index (χ0n) is 18.1. The van der Waals surface area contributed by atoms with E-state index in [0.29, 0.717) is 19.6 Å². The van der Waals surface area contributed by atoms with Crippen LogP contribution in [0.25, 0.3) is 22.2 Å². The Morgan fingerprint density at radius 3 is 2.55 bits per heavy atom. The molecule has 0 aliphatic heterocycles. The highest BCUT2D eigenvalue weighted by atomic mass is 16.5. The number of anilines is 2. The molecule has 0 bridgehead atoms. The molecule has 3 N–H and O–H groups in total. The van der Waals surface area contributed by atoms with Crippen molar-refractivity contribution in [3.05, 3.63) is 103 Å². The molecule has 0 saturated carbocycles. The van der Waals surface area contributed by atoms with Crippen LogP contribution in [0, 0.1) is 0 Å². The Morgan fingerprint density at radius 1 is 0.879 bits per heavy atom. The highest BCUT2D eigenvalue weighted by molar-refractivity contribution is 5.93. The van der Waals surface area contributed by atoms with Crippen LogP contribution in [-0.4, -0.2) is 16.5 Å². The van der Waals surface area contributed by atoms with Crippen LogP contribution in [-0.2, 0) is 13.0 Å². The van der Waals surface area contributed by atoms with Crippen LogP contribution in [0.3, 0.4) is 0 Å². The Morgan fingerprint density at radius 2 is 1.73 bits per heavy atom. The Labute approximate surface area is 192 Å². The van der Waals surface area contributed by atoms with Gasteiger partial charge in [-0.3, -0.25) is 0 Å². The zero-order valence-corrected chi connectivity index (χ0v) is 18.1. The topological polar surface area (TPSA) is 86.2 Å². The number of rotatable bonds is 8. The quantitative estimate of drug-likeness (QED) is 0.324. The Bertz CT molecular complexity index is 1350. The fourth-order valence-electron chi connectivity index (χ4n) is 3.63. The number of nitrogens with zero attached hydrogens (tertiary/aromatic N) is 2. The molecule has 33 heavy (non-hydrogen) atoms. The lowest BCUT2D eigenvalue weighted by Gasteiger charge is -2.11. The van der Waals surface area contributed by atoms with Crippen LogP contribution >= 0.6 is 0 Å². The summed E-state index contributed by atoms with van der Waals surface area (Å²) in [6.45, 7) is 1.09. The highest BCUT2D eigenvalue weighted by Gasteiger charge is 2.10. The van der Waals surface area contributed by atoms with E-state index in [2.05, 4.69) is 15.3 Å². The first kappa shape index (κ1) is 20.7. The first-order chi connectivity index (χ1) is 16.3. The highest BCUT2D eigenvalue weighted by Crippen LogP contribution is 2.30. The van der Waals surface area contributed by atoms with E-state index < -0.39 is 0 Å². The van der Waals surface area contributed by atoms with Gasteiger partial charge < -0.3 is 20.2 Å². The molecule has 0 atom stereocenters. The van der Waals surface area contributed by atoms with Gasteiger partial charge in [-0.05, 0) is 66.7 Å². The van der Waals surface area contributed by atoms with E-state index in [-0.39, 0.29) is 0 Å². The number of benzene rings is 3. The molecule has 0 fully saturated rings. The molecule has 5 rings (SSSR count). The maximum absolute atomic E-state index is 5.93. The van der Waals surface area contributed by atoms with Gasteiger partial charge in [-0.1, -0.05) is 30.3 Å². The predicted molar refractivity (Wildman–Crippen MR) is 130 cm³/mol. The van der Waals surface area contributed by atoms with Gasteiger partial charge >= 0.3 is 0 Å². The second-order valence-electron chi connectivity index (χ2n) is 7.68. The normalized spacial score (nSPS) is 10.9. The number of furan rings is 1. The maximum Gasteiger partial charge on any atom is 0.141 e. The lowest BCUT2D eigenvalue weighted by atomic mass is 10.1. The first-order valence-electron chi connectivity index (χ1n) is 10.9. The van der Waals surface area contributed by atoms with Crippen molar-refractivity contribution in [1.29, 1.82) is 0 Å². The summed E-state index contributed by atoms with van der Waals surface area (Å²) in [6, 6.07) is 27.9. The molecule has 0 aliphatic carbocycles. The second-order valence-corrected chi connectivity index (χ2v) is 7.68. The number of hydrogen-bond donors (Lipinski definition) is 2. The minimum Gasteiger partial charge on any atom is -0.489 e. The van der Waals surface area contributed by atoms with E-state index >= 15 is 0 Å². The molecule has 0 amide bonds. The monoisotopic (exact) mass is 436 g/mol. The van der Waals surface area contributed by atoms with Gasteiger partial charge in [0.25, 0.3) is 0 Å². The van der Waals surface area contributed by atoms with E-state index in [9.17, 15) is 0 Å². The lowest BCUT2D eigenvalue weighted by Crippen LogP contribution is -2.01. The molecule has 2 heterocycles. The molecule has 5 aromatic rings. The van der Waals surface area contributed by atoms with Crippen LogP contribution in [0.2, 0.25) is 0 Å². The molecule has 0 unspecified atom stereocenters. The van der Waals surface area contributed by atoms with E-state index in [4.69, 9.17) is 14.9 Å². The molecule has 0 aliphatic rings. The van der Waals surface area contributed by atoms with Crippen LogP contribution in [0.15, 0.2) is 95.7 Å². The number of hydrogen-bond acceptors (Lipinski definition) is 6. The second kappa shape index (κ2) is 9.54. The maximum atomic E-state index is 5.93. The summed E-state index contributed by atoms with van der Waals surface area (Å²) in [7, 11) is 0. The lowest BCUT2D eigenvalue weighted by molar-refractivity contribution is 0.306. The molecular weight excluding hydrogens is 412 g/mol. The van der Waals surface area contributed by atoms with Gasteiger partial charge in [0.15, 0.2) is 0 Å². The summed E-state index contributed by atoms with van der Waals surface area (Å²) >= 11 is 0.